The number of aromatic nitrogens is 4. The Morgan fingerprint density at radius 1 is 1.44 bits per heavy atom. The number of hydrogen-bond donors (Lipinski definition) is 3. The minimum atomic E-state index is -0.917. The molecule has 0 aromatic carbocycles. The van der Waals surface area contributed by atoms with Gasteiger partial charge in [-0.2, -0.15) is 0 Å². The van der Waals surface area contributed by atoms with Crippen LogP contribution in [0.5, 0.6) is 0 Å². The molecule has 2 aromatic heterocycles. The van der Waals surface area contributed by atoms with Crippen molar-refractivity contribution in [3.63, 3.8) is 0 Å². The third-order valence-corrected chi connectivity index (χ3v) is 3.11. The van der Waals surface area contributed by atoms with Crippen LogP contribution < -0.4 is 5.73 Å². The van der Waals surface area contributed by atoms with Crippen LogP contribution in [0.15, 0.2) is 18.9 Å². The highest BCUT2D eigenvalue weighted by atomic mass is 16.5. The van der Waals surface area contributed by atoms with Gasteiger partial charge in [0.1, 0.15) is 24.1 Å². The van der Waals surface area contributed by atoms with Gasteiger partial charge in [-0.25, -0.2) is 15.0 Å². The second kappa shape index (κ2) is 4.25. The van der Waals surface area contributed by atoms with E-state index in [0.717, 1.165) is 0 Å². The van der Waals surface area contributed by atoms with Crippen LogP contribution in [-0.2, 0) is 4.74 Å². The van der Waals surface area contributed by atoms with Crippen LogP contribution in [0.3, 0.4) is 0 Å². The van der Waals surface area contributed by atoms with Crippen LogP contribution >= 0.6 is 0 Å². The van der Waals surface area contributed by atoms with Gasteiger partial charge in [-0.15, -0.1) is 0 Å². The zero-order chi connectivity index (χ0) is 12.7. The predicted octanol–water partition coefficient (Wildman–Crippen LogP) is -1.60. The number of nitrogens with zero attached hydrogens (tertiary/aromatic N) is 4. The van der Waals surface area contributed by atoms with Gasteiger partial charge in [0.2, 0.25) is 0 Å². The van der Waals surface area contributed by atoms with Crippen LogP contribution in [0, 0.1) is 0 Å². The van der Waals surface area contributed by atoms with Crippen molar-refractivity contribution in [2.45, 2.75) is 24.5 Å². The Balaban J connectivity index is 2.00. The van der Waals surface area contributed by atoms with E-state index in [0.29, 0.717) is 11.2 Å². The molecule has 1 unspecified atom stereocenters. The van der Waals surface area contributed by atoms with Gasteiger partial charge in [0.25, 0.3) is 0 Å². The summed E-state index contributed by atoms with van der Waals surface area (Å²) in [6.45, 7) is -0.285. The lowest BCUT2D eigenvalue weighted by molar-refractivity contribution is -0.0437. The van der Waals surface area contributed by atoms with Gasteiger partial charge in [0.15, 0.2) is 11.9 Å². The maximum atomic E-state index is 9.82. The summed E-state index contributed by atoms with van der Waals surface area (Å²) in [6.07, 6.45) is 2.32. The minimum absolute atomic E-state index is 0.285. The Bertz CT molecular complexity index is 559. The molecule has 0 spiro atoms. The summed E-state index contributed by atoms with van der Waals surface area (Å²) in [5.41, 5.74) is 7.09. The Labute approximate surface area is 102 Å². The fraction of sp³-hybridized carbons (Fsp3) is 0.500. The third kappa shape index (κ3) is 1.58. The molecule has 3 rings (SSSR count). The maximum absolute atomic E-state index is 9.82. The van der Waals surface area contributed by atoms with E-state index in [2.05, 4.69) is 15.0 Å². The van der Waals surface area contributed by atoms with E-state index in [1.165, 1.54) is 12.7 Å². The molecule has 8 heteroatoms. The first-order valence-corrected chi connectivity index (χ1v) is 5.55. The number of hydrogen-bond acceptors (Lipinski definition) is 7. The molecule has 18 heavy (non-hydrogen) atoms. The zero-order valence-electron chi connectivity index (χ0n) is 9.42. The number of fused-ring (bicyclic) bond motifs is 1. The maximum Gasteiger partial charge on any atom is 0.165 e. The van der Waals surface area contributed by atoms with Crippen LogP contribution in [0.25, 0.3) is 11.2 Å². The number of aliphatic hydroxyl groups excluding tert-OH is 2. The molecule has 0 amide bonds. The Morgan fingerprint density at radius 2 is 2.28 bits per heavy atom. The fourth-order valence-electron chi connectivity index (χ4n) is 2.14. The van der Waals surface area contributed by atoms with Gasteiger partial charge < -0.3 is 20.7 Å². The molecule has 0 saturated carbocycles. The number of imidazole rings is 1. The van der Waals surface area contributed by atoms with Crippen LogP contribution in [-0.4, -0.2) is 54.6 Å². The summed E-state index contributed by atoms with van der Waals surface area (Å²) in [7, 11) is 0. The molecular weight excluding hydrogens is 238 g/mol. The Morgan fingerprint density at radius 3 is 3.00 bits per heavy atom. The first-order chi connectivity index (χ1) is 8.72. The second-order valence-corrected chi connectivity index (χ2v) is 4.20. The molecule has 0 aliphatic carbocycles. The largest absolute Gasteiger partial charge is 0.394 e. The molecule has 96 valence electrons. The molecule has 2 aromatic rings. The first kappa shape index (κ1) is 11.5. The molecule has 1 aliphatic rings. The highest BCUT2D eigenvalue weighted by Gasteiger charge is 2.42. The van der Waals surface area contributed by atoms with Crippen molar-refractivity contribution >= 4 is 11.2 Å². The van der Waals surface area contributed by atoms with Crippen LogP contribution in [0.2, 0.25) is 0 Å². The summed E-state index contributed by atoms with van der Waals surface area (Å²) in [5.74, 6) is 0. The van der Waals surface area contributed by atoms with Crippen molar-refractivity contribution in [2.24, 2.45) is 5.73 Å². The van der Waals surface area contributed by atoms with Gasteiger partial charge in [0, 0.05) is 0 Å². The number of aliphatic hydroxyl groups is 2. The number of ether oxygens (including phenoxy) is 1. The van der Waals surface area contributed by atoms with E-state index >= 15 is 0 Å². The van der Waals surface area contributed by atoms with E-state index in [1.807, 2.05) is 0 Å². The van der Waals surface area contributed by atoms with Crippen molar-refractivity contribution in [1.29, 1.82) is 0 Å². The molecular formula is C10H13N5O3. The molecule has 4 atom stereocenters. The van der Waals surface area contributed by atoms with Crippen LogP contribution in [0.4, 0.5) is 0 Å². The van der Waals surface area contributed by atoms with Crippen molar-refractivity contribution in [2.75, 3.05) is 6.61 Å². The van der Waals surface area contributed by atoms with E-state index in [1.54, 1.807) is 10.8 Å². The lowest BCUT2D eigenvalue weighted by Gasteiger charge is -2.17. The fourth-order valence-corrected chi connectivity index (χ4v) is 2.14. The molecule has 8 nitrogen and oxygen atoms in total. The van der Waals surface area contributed by atoms with Crippen LogP contribution in [0.1, 0.15) is 6.23 Å². The quantitative estimate of drug-likeness (QED) is 0.588. The molecule has 0 bridgehead atoms. The SMILES string of the molecule is N[C@H]1C(O)[C@@H](CO)O[C@H]1n1cnc2cncnc21. The topological polar surface area (TPSA) is 119 Å². The van der Waals surface area contributed by atoms with E-state index in [9.17, 15) is 5.11 Å². The Hall–Kier alpha value is -1.61. The lowest BCUT2D eigenvalue weighted by atomic mass is 10.1. The number of rotatable bonds is 2. The second-order valence-electron chi connectivity index (χ2n) is 4.20. The summed E-state index contributed by atoms with van der Waals surface area (Å²) in [4.78, 5) is 12.1. The predicted molar refractivity (Wildman–Crippen MR) is 60.3 cm³/mol. The molecule has 0 radical (unpaired) electrons. The monoisotopic (exact) mass is 251 g/mol. The highest BCUT2D eigenvalue weighted by Crippen LogP contribution is 2.29. The van der Waals surface area contributed by atoms with E-state index < -0.39 is 24.5 Å². The normalized spacial score (nSPS) is 32.2. The molecule has 1 saturated heterocycles. The summed E-state index contributed by atoms with van der Waals surface area (Å²) < 4.78 is 7.16. The molecule has 1 aliphatic heterocycles. The third-order valence-electron chi connectivity index (χ3n) is 3.11. The first-order valence-electron chi connectivity index (χ1n) is 5.55. The lowest BCUT2D eigenvalue weighted by Crippen LogP contribution is -2.39. The minimum Gasteiger partial charge on any atom is -0.394 e. The van der Waals surface area contributed by atoms with Crippen molar-refractivity contribution in [1.82, 2.24) is 19.5 Å². The van der Waals surface area contributed by atoms with Gasteiger partial charge in [0.05, 0.1) is 25.2 Å². The Kier molecular flexibility index (Phi) is 2.71. The average Bonchev–Trinajstić information content (AvgIpc) is 2.93. The smallest absolute Gasteiger partial charge is 0.165 e. The van der Waals surface area contributed by atoms with Gasteiger partial charge in [-0.05, 0) is 0 Å². The molecule has 4 N–H and O–H groups in total. The molecule has 3 heterocycles. The zero-order valence-corrected chi connectivity index (χ0v) is 9.42. The average molecular weight is 251 g/mol. The summed E-state index contributed by atoms with van der Waals surface area (Å²) in [6, 6.07) is -0.644. The van der Waals surface area contributed by atoms with E-state index in [-0.39, 0.29) is 6.61 Å². The van der Waals surface area contributed by atoms with E-state index in [4.69, 9.17) is 15.6 Å². The van der Waals surface area contributed by atoms with Gasteiger partial charge in [-0.1, -0.05) is 0 Å². The molecule has 1 fully saturated rings. The van der Waals surface area contributed by atoms with Crippen molar-refractivity contribution < 1.29 is 14.9 Å². The van der Waals surface area contributed by atoms with Crippen molar-refractivity contribution in [3.05, 3.63) is 18.9 Å². The summed E-state index contributed by atoms with van der Waals surface area (Å²) >= 11 is 0. The highest BCUT2D eigenvalue weighted by molar-refractivity contribution is 5.69. The number of nitrogens with two attached hydrogens (primary N) is 1. The van der Waals surface area contributed by atoms with Gasteiger partial charge in [-0.3, -0.25) is 4.57 Å². The summed E-state index contributed by atoms with van der Waals surface area (Å²) in [5, 5.41) is 18.9. The standard InChI is InChI=1S/C10H13N5O3/c11-7-8(17)6(2-16)18-10(7)15-4-14-5-1-12-3-13-9(5)15/h1,3-4,6-8,10,16-17H,2,11H2/t6-,7+,8?,10-/m1/s1. The van der Waals surface area contributed by atoms with Gasteiger partial charge >= 0.3 is 0 Å². The van der Waals surface area contributed by atoms with Crippen molar-refractivity contribution in [3.8, 4) is 0 Å².